The van der Waals surface area contributed by atoms with Gasteiger partial charge < -0.3 is 5.32 Å². The third-order valence-corrected chi connectivity index (χ3v) is 4.37. The summed E-state index contributed by atoms with van der Waals surface area (Å²) in [5.74, 6) is 0.436. The van der Waals surface area contributed by atoms with E-state index in [4.69, 9.17) is 0 Å². The molecule has 2 rings (SSSR count). The van der Waals surface area contributed by atoms with Gasteiger partial charge in [0.1, 0.15) is 0 Å². The smallest absolute Gasteiger partial charge is 0.233 e. The second kappa shape index (κ2) is 5.06. The highest BCUT2D eigenvalue weighted by molar-refractivity contribution is 7.92. The second-order valence-corrected chi connectivity index (χ2v) is 6.38. The van der Waals surface area contributed by atoms with Gasteiger partial charge in [-0.3, -0.25) is 4.72 Å². The van der Waals surface area contributed by atoms with E-state index >= 15 is 0 Å². The molecule has 1 aliphatic rings. The van der Waals surface area contributed by atoms with Crippen LogP contribution < -0.4 is 10.0 Å². The lowest BCUT2D eigenvalue weighted by molar-refractivity contribution is 0.575. The van der Waals surface area contributed by atoms with Crippen molar-refractivity contribution < 1.29 is 8.42 Å². The number of hydrogen-bond donors (Lipinski definition) is 2. The lowest BCUT2D eigenvalue weighted by Crippen LogP contribution is -2.24. The third-order valence-electron chi connectivity index (χ3n) is 2.91. The van der Waals surface area contributed by atoms with Crippen molar-refractivity contribution in [3.8, 4) is 0 Å². The predicted molar refractivity (Wildman–Crippen MR) is 69.6 cm³/mol. The van der Waals surface area contributed by atoms with E-state index in [0.717, 1.165) is 25.1 Å². The highest BCUT2D eigenvalue weighted by atomic mass is 32.2. The summed E-state index contributed by atoms with van der Waals surface area (Å²) in [5, 5.41) is 3.18. The SMILES string of the molecule is Cc1cccc(NS(=O)(=O)CC2CCNC2)c1. The van der Waals surface area contributed by atoms with Crippen LogP contribution in [0, 0.1) is 12.8 Å². The van der Waals surface area contributed by atoms with E-state index < -0.39 is 10.0 Å². The van der Waals surface area contributed by atoms with Gasteiger partial charge in [-0.15, -0.1) is 0 Å². The number of benzene rings is 1. The Balaban J connectivity index is 2.01. The van der Waals surface area contributed by atoms with Crippen LogP contribution in [0.3, 0.4) is 0 Å². The zero-order valence-electron chi connectivity index (χ0n) is 9.94. The van der Waals surface area contributed by atoms with Crippen molar-refractivity contribution in [2.45, 2.75) is 13.3 Å². The van der Waals surface area contributed by atoms with Crippen LogP contribution >= 0.6 is 0 Å². The molecule has 1 aromatic carbocycles. The van der Waals surface area contributed by atoms with E-state index in [-0.39, 0.29) is 11.7 Å². The fourth-order valence-electron chi connectivity index (χ4n) is 2.10. The average molecular weight is 254 g/mol. The van der Waals surface area contributed by atoms with Crippen molar-refractivity contribution in [3.05, 3.63) is 29.8 Å². The molecule has 2 N–H and O–H groups in total. The Hall–Kier alpha value is -1.07. The fraction of sp³-hybridized carbons (Fsp3) is 0.500. The van der Waals surface area contributed by atoms with E-state index in [1.165, 1.54) is 0 Å². The van der Waals surface area contributed by atoms with Crippen LogP contribution in [0.1, 0.15) is 12.0 Å². The number of aryl methyl sites for hydroxylation is 1. The maximum absolute atomic E-state index is 11.9. The summed E-state index contributed by atoms with van der Waals surface area (Å²) in [6.45, 7) is 3.66. The molecule has 5 heteroatoms. The van der Waals surface area contributed by atoms with Gasteiger partial charge in [0.05, 0.1) is 5.75 Å². The molecule has 17 heavy (non-hydrogen) atoms. The summed E-state index contributed by atoms with van der Waals surface area (Å²) < 4.78 is 26.5. The summed E-state index contributed by atoms with van der Waals surface area (Å²) in [6, 6.07) is 7.41. The molecule has 4 nitrogen and oxygen atoms in total. The van der Waals surface area contributed by atoms with Crippen molar-refractivity contribution in [3.63, 3.8) is 0 Å². The predicted octanol–water partition coefficient (Wildman–Crippen LogP) is 1.35. The Morgan fingerprint density at radius 1 is 1.47 bits per heavy atom. The zero-order chi connectivity index (χ0) is 12.3. The summed E-state index contributed by atoms with van der Waals surface area (Å²) in [5.41, 5.74) is 1.70. The number of sulfonamides is 1. The van der Waals surface area contributed by atoms with Crippen molar-refractivity contribution in [1.82, 2.24) is 5.32 Å². The highest BCUT2D eigenvalue weighted by Crippen LogP contribution is 2.15. The Morgan fingerprint density at radius 3 is 2.94 bits per heavy atom. The van der Waals surface area contributed by atoms with Crippen LogP contribution in [0.25, 0.3) is 0 Å². The molecule has 0 aromatic heterocycles. The number of nitrogens with one attached hydrogen (secondary N) is 2. The topological polar surface area (TPSA) is 58.2 Å². The fourth-order valence-corrected chi connectivity index (χ4v) is 3.57. The van der Waals surface area contributed by atoms with E-state index in [1.54, 1.807) is 6.07 Å². The Morgan fingerprint density at radius 2 is 2.29 bits per heavy atom. The molecule has 0 aliphatic carbocycles. The Kier molecular flexibility index (Phi) is 3.69. The molecule has 0 amide bonds. The van der Waals surface area contributed by atoms with Crippen LogP contribution in [-0.2, 0) is 10.0 Å². The van der Waals surface area contributed by atoms with Crippen LogP contribution in [0.15, 0.2) is 24.3 Å². The molecule has 1 unspecified atom stereocenters. The van der Waals surface area contributed by atoms with Crippen molar-refractivity contribution in [2.75, 3.05) is 23.6 Å². The molecular formula is C12H18N2O2S. The summed E-state index contributed by atoms with van der Waals surface area (Å²) >= 11 is 0. The normalized spacial score (nSPS) is 20.4. The quantitative estimate of drug-likeness (QED) is 0.852. The maximum Gasteiger partial charge on any atom is 0.233 e. The summed E-state index contributed by atoms with van der Waals surface area (Å²) in [4.78, 5) is 0. The molecular weight excluding hydrogens is 236 g/mol. The third kappa shape index (κ3) is 3.71. The van der Waals surface area contributed by atoms with Crippen molar-refractivity contribution in [1.29, 1.82) is 0 Å². The number of hydrogen-bond acceptors (Lipinski definition) is 3. The first-order valence-electron chi connectivity index (χ1n) is 5.83. The monoisotopic (exact) mass is 254 g/mol. The summed E-state index contributed by atoms with van der Waals surface area (Å²) in [7, 11) is -3.22. The molecule has 1 saturated heterocycles. The average Bonchev–Trinajstić information content (AvgIpc) is 2.68. The number of anilines is 1. The van der Waals surface area contributed by atoms with Gasteiger partial charge in [-0.2, -0.15) is 0 Å². The van der Waals surface area contributed by atoms with Crippen molar-refractivity contribution in [2.24, 2.45) is 5.92 Å². The van der Waals surface area contributed by atoms with Gasteiger partial charge in [0.2, 0.25) is 10.0 Å². The highest BCUT2D eigenvalue weighted by Gasteiger charge is 2.22. The molecule has 1 fully saturated rings. The van der Waals surface area contributed by atoms with Crippen LogP contribution in [0.2, 0.25) is 0 Å². The van der Waals surface area contributed by atoms with Crippen LogP contribution in [0.4, 0.5) is 5.69 Å². The standard InChI is InChI=1S/C12H18N2O2S/c1-10-3-2-4-12(7-10)14-17(15,16)9-11-5-6-13-8-11/h2-4,7,11,13-14H,5-6,8-9H2,1H3. The van der Waals surface area contributed by atoms with E-state index in [9.17, 15) is 8.42 Å². The largest absolute Gasteiger partial charge is 0.316 e. The minimum atomic E-state index is -3.22. The molecule has 0 radical (unpaired) electrons. The molecule has 1 heterocycles. The van der Waals surface area contributed by atoms with E-state index in [1.807, 2.05) is 25.1 Å². The first kappa shape index (κ1) is 12.4. The van der Waals surface area contributed by atoms with E-state index in [2.05, 4.69) is 10.0 Å². The number of rotatable bonds is 4. The molecule has 1 atom stereocenters. The van der Waals surface area contributed by atoms with Gasteiger partial charge in [-0.25, -0.2) is 8.42 Å². The molecule has 0 saturated carbocycles. The van der Waals surface area contributed by atoms with Gasteiger partial charge >= 0.3 is 0 Å². The van der Waals surface area contributed by atoms with Gasteiger partial charge in [0.25, 0.3) is 0 Å². The lowest BCUT2D eigenvalue weighted by atomic mass is 10.2. The van der Waals surface area contributed by atoms with E-state index in [0.29, 0.717) is 5.69 Å². The lowest BCUT2D eigenvalue weighted by Gasteiger charge is -2.11. The molecule has 0 spiro atoms. The zero-order valence-corrected chi connectivity index (χ0v) is 10.8. The van der Waals surface area contributed by atoms with Gasteiger partial charge in [0.15, 0.2) is 0 Å². The van der Waals surface area contributed by atoms with Crippen LogP contribution in [-0.4, -0.2) is 27.3 Å². The van der Waals surface area contributed by atoms with Crippen molar-refractivity contribution >= 4 is 15.7 Å². The minimum Gasteiger partial charge on any atom is -0.316 e. The van der Waals surface area contributed by atoms with Gasteiger partial charge in [-0.1, -0.05) is 12.1 Å². The van der Waals surface area contributed by atoms with Gasteiger partial charge in [-0.05, 0) is 50.0 Å². The molecule has 0 bridgehead atoms. The minimum absolute atomic E-state index is 0.202. The first-order chi connectivity index (χ1) is 8.05. The second-order valence-electron chi connectivity index (χ2n) is 4.61. The Bertz CT molecular complexity index is 479. The summed E-state index contributed by atoms with van der Waals surface area (Å²) in [6.07, 6.45) is 0.939. The molecule has 94 valence electrons. The maximum atomic E-state index is 11.9. The first-order valence-corrected chi connectivity index (χ1v) is 7.48. The molecule has 1 aliphatic heterocycles. The Labute approximate surface area is 102 Å². The van der Waals surface area contributed by atoms with Crippen LogP contribution in [0.5, 0.6) is 0 Å². The molecule has 1 aromatic rings. The van der Waals surface area contributed by atoms with Gasteiger partial charge in [0, 0.05) is 5.69 Å².